The summed E-state index contributed by atoms with van der Waals surface area (Å²) in [6, 6.07) is 5.18. The molecular weight excluding hydrogens is 305 g/mol. The summed E-state index contributed by atoms with van der Waals surface area (Å²) in [5.41, 5.74) is 1.00. The second-order valence-corrected chi connectivity index (χ2v) is 5.19. The number of nitrogens with zero attached hydrogens (tertiary/aromatic N) is 1. The Bertz CT molecular complexity index is 411. The van der Waals surface area contributed by atoms with E-state index in [9.17, 15) is 4.79 Å². The normalized spacial score (nSPS) is 12.8. The summed E-state index contributed by atoms with van der Waals surface area (Å²) in [5.74, 6) is -0.793. The van der Waals surface area contributed by atoms with Gasteiger partial charge in [-0.3, -0.25) is 9.69 Å². The van der Waals surface area contributed by atoms with Gasteiger partial charge < -0.3 is 5.11 Å². The zero-order valence-corrected chi connectivity index (χ0v) is 12.1. The van der Waals surface area contributed by atoms with Crippen LogP contribution >= 0.6 is 27.5 Å². The van der Waals surface area contributed by atoms with E-state index in [4.69, 9.17) is 16.7 Å². The van der Waals surface area contributed by atoms with E-state index in [2.05, 4.69) is 15.9 Å². The van der Waals surface area contributed by atoms with Gasteiger partial charge in [-0.1, -0.05) is 24.6 Å². The lowest BCUT2D eigenvalue weighted by molar-refractivity contribution is -0.143. The van der Waals surface area contributed by atoms with Crippen molar-refractivity contribution in [3.8, 4) is 0 Å². The molecule has 0 radical (unpaired) electrons. The second-order valence-electron chi connectivity index (χ2n) is 3.93. The number of aliphatic carboxylic acids is 1. The first-order valence-corrected chi connectivity index (χ1v) is 6.49. The van der Waals surface area contributed by atoms with E-state index >= 15 is 0 Å². The Morgan fingerprint density at radius 2 is 2.24 bits per heavy atom. The summed E-state index contributed by atoms with van der Waals surface area (Å²) in [6.45, 7) is 2.43. The fourth-order valence-electron chi connectivity index (χ4n) is 1.71. The van der Waals surface area contributed by atoms with Gasteiger partial charge >= 0.3 is 5.97 Å². The minimum absolute atomic E-state index is 0.461. The number of rotatable bonds is 5. The van der Waals surface area contributed by atoms with Crippen molar-refractivity contribution in [3.63, 3.8) is 0 Å². The van der Waals surface area contributed by atoms with Crippen molar-refractivity contribution in [1.29, 1.82) is 0 Å². The highest BCUT2D eigenvalue weighted by Gasteiger charge is 2.20. The molecule has 0 spiro atoms. The van der Waals surface area contributed by atoms with Gasteiger partial charge in [0.2, 0.25) is 0 Å². The molecule has 0 bridgehead atoms. The standard InChI is InChI=1S/C12H15BrClNO2/c1-3-11(12(16)17)15(2)7-8-4-5-9(13)10(14)6-8/h4-6,11H,3,7H2,1-2H3,(H,16,17). The van der Waals surface area contributed by atoms with Crippen molar-refractivity contribution in [2.75, 3.05) is 7.05 Å². The highest BCUT2D eigenvalue weighted by atomic mass is 79.9. The fourth-order valence-corrected chi connectivity index (χ4v) is 2.16. The molecule has 1 aromatic rings. The number of likely N-dealkylation sites (N-methyl/N-ethyl adjacent to an activating group) is 1. The van der Waals surface area contributed by atoms with Gasteiger partial charge in [0.05, 0.1) is 5.02 Å². The highest BCUT2D eigenvalue weighted by molar-refractivity contribution is 9.10. The van der Waals surface area contributed by atoms with Gasteiger partial charge in [0.15, 0.2) is 0 Å². The molecule has 0 fully saturated rings. The zero-order chi connectivity index (χ0) is 13.0. The van der Waals surface area contributed by atoms with Gasteiger partial charge in [0.1, 0.15) is 6.04 Å². The first-order chi connectivity index (χ1) is 7.95. The van der Waals surface area contributed by atoms with Gasteiger partial charge in [-0.2, -0.15) is 0 Å². The molecule has 3 nitrogen and oxygen atoms in total. The topological polar surface area (TPSA) is 40.5 Å². The summed E-state index contributed by atoms with van der Waals surface area (Å²) in [5, 5.41) is 9.68. The molecule has 1 atom stereocenters. The molecule has 0 saturated carbocycles. The Hall–Kier alpha value is -0.580. The van der Waals surface area contributed by atoms with Crippen molar-refractivity contribution in [1.82, 2.24) is 4.90 Å². The molecular formula is C12H15BrClNO2. The van der Waals surface area contributed by atoms with Crippen LogP contribution in [0.3, 0.4) is 0 Å². The molecule has 1 N–H and O–H groups in total. The Morgan fingerprint density at radius 3 is 2.71 bits per heavy atom. The van der Waals surface area contributed by atoms with Crippen LogP contribution in [0.5, 0.6) is 0 Å². The quantitative estimate of drug-likeness (QED) is 0.904. The average molecular weight is 321 g/mol. The Kier molecular flexibility index (Phi) is 5.43. The van der Waals surface area contributed by atoms with Crippen LogP contribution in [0.25, 0.3) is 0 Å². The molecule has 1 unspecified atom stereocenters. The summed E-state index contributed by atoms with van der Waals surface area (Å²) in [6.07, 6.45) is 0.579. The maximum Gasteiger partial charge on any atom is 0.320 e. The Balaban J connectivity index is 2.76. The Morgan fingerprint density at radius 1 is 1.59 bits per heavy atom. The van der Waals surface area contributed by atoms with Gasteiger partial charge in [-0.25, -0.2) is 0 Å². The molecule has 0 amide bonds. The molecule has 0 aromatic heterocycles. The molecule has 94 valence electrons. The van der Waals surface area contributed by atoms with Crippen molar-refractivity contribution in [2.24, 2.45) is 0 Å². The van der Waals surface area contributed by atoms with E-state index in [1.807, 2.05) is 30.0 Å². The maximum atomic E-state index is 11.0. The fraction of sp³-hybridized carbons (Fsp3) is 0.417. The third-order valence-corrected chi connectivity index (χ3v) is 3.85. The van der Waals surface area contributed by atoms with Gasteiger partial charge in [0.25, 0.3) is 0 Å². The van der Waals surface area contributed by atoms with Crippen molar-refractivity contribution in [2.45, 2.75) is 25.9 Å². The third kappa shape index (κ3) is 3.98. The smallest absolute Gasteiger partial charge is 0.320 e. The van der Waals surface area contributed by atoms with Crippen molar-refractivity contribution in [3.05, 3.63) is 33.3 Å². The van der Waals surface area contributed by atoms with Crippen molar-refractivity contribution < 1.29 is 9.90 Å². The predicted octanol–water partition coefficient (Wildman–Crippen LogP) is 3.40. The van der Waals surface area contributed by atoms with E-state index in [-0.39, 0.29) is 0 Å². The molecule has 1 aromatic carbocycles. The van der Waals surface area contributed by atoms with Crippen LogP contribution in [0.15, 0.2) is 22.7 Å². The molecule has 0 aliphatic carbocycles. The number of carbonyl (C=O) groups is 1. The van der Waals surface area contributed by atoms with E-state index in [0.29, 0.717) is 18.0 Å². The lowest BCUT2D eigenvalue weighted by Gasteiger charge is -2.23. The lowest BCUT2D eigenvalue weighted by Crippen LogP contribution is -2.37. The van der Waals surface area contributed by atoms with Gasteiger partial charge in [-0.05, 0) is 47.1 Å². The van der Waals surface area contributed by atoms with Crippen LogP contribution in [0, 0.1) is 0 Å². The van der Waals surface area contributed by atoms with Gasteiger partial charge in [0, 0.05) is 11.0 Å². The number of carboxylic acids is 1. The van der Waals surface area contributed by atoms with E-state index in [0.717, 1.165) is 10.0 Å². The molecule has 0 heterocycles. The summed E-state index contributed by atoms with van der Waals surface area (Å²) < 4.78 is 0.843. The molecule has 5 heteroatoms. The maximum absolute atomic E-state index is 11.0. The average Bonchev–Trinajstić information content (AvgIpc) is 2.24. The Labute approximate surface area is 115 Å². The van der Waals surface area contributed by atoms with Gasteiger partial charge in [-0.15, -0.1) is 0 Å². The first-order valence-electron chi connectivity index (χ1n) is 5.32. The van der Waals surface area contributed by atoms with Crippen LogP contribution in [-0.2, 0) is 11.3 Å². The molecule has 17 heavy (non-hydrogen) atoms. The number of benzene rings is 1. The first kappa shape index (κ1) is 14.5. The van der Waals surface area contributed by atoms with Crippen LogP contribution in [0.4, 0.5) is 0 Å². The van der Waals surface area contributed by atoms with Crippen LogP contribution < -0.4 is 0 Å². The highest BCUT2D eigenvalue weighted by Crippen LogP contribution is 2.24. The summed E-state index contributed by atoms with van der Waals surface area (Å²) >= 11 is 9.31. The minimum atomic E-state index is -0.793. The minimum Gasteiger partial charge on any atom is -0.480 e. The summed E-state index contributed by atoms with van der Waals surface area (Å²) in [7, 11) is 1.80. The number of hydrogen-bond donors (Lipinski definition) is 1. The second kappa shape index (κ2) is 6.38. The van der Waals surface area contributed by atoms with Crippen LogP contribution in [-0.4, -0.2) is 29.1 Å². The third-order valence-electron chi connectivity index (χ3n) is 2.62. The van der Waals surface area contributed by atoms with Crippen LogP contribution in [0.1, 0.15) is 18.9 Å². The molecule has 0 aliphatic heterocycles. The zero-order valence-electron chi connectivity index (χ0n) is 9.78. The molecule has 0 saturated heterocycles. The lowest BCUT2D eigenvalue weighted by atomic mass is 10.1. The summed E-state index contributed by atoms with van der Waals surface area (Å²) in [4.78, 5) is 12.8. The van der Waals surface area contributed by atoms with E-state index < -0.39 is 12.0 Å². The molecule has 1 rings (SSSR count). The van der Waals surface area contributed by atoms with E-state index in [1.54, 1.807) is 7.05 Å². The SMILES string of the molecule is CCC(C(=O)O)N(C)Cc1ccc(Br)c(Cl)c1. The monoisotopic (exact) mass is 319 g/mol. The molecule has 0 aliphatic rings. The number of halogens is 2. The van der Waals surface area contributed by atoms with E-state index in [1.165, 1.54) is 0 Å². The number of hydrogen-bond acceptors (Lipinski definition) is 2. The number of carboxylic acid groups (broad SMARTS) is 1. The largest absolute Gasteiger partial charge is 0.480 e. The van der Waals surface area contributed by atoms with Crippen molar-refractivity contribution >= 4 is 33.5 Å². The van der Waals surface area contributed by atoms with Crippen LogP contribution in [0.2, 0.25) is 5.02 Å². The predicted molar refractivity (Wildman–Crippen MR) is 72.3 cm³/mol.